The number of hydrogen-bond acceptors (Lipinski definition) is 23. The van der Waals surface area contributed by atoms with Crippen molar-refractivity contribution in [3.05, 3.63) is 241 Å². The van der Waals surface area contributed by atoms with Gasteiger partial charge < -0.3 is 84.6 Å². The second kappa shape index (κ2) is 38.3. The molecular weight excluding hydrogens is 1470 g/mol. The Morgan fingerprint density at radius 2 is 0.786 bits per heavy atom. The zero-order valence-electron chi connectivity index (χ0n) is 65.9. The lowest BCUT2D eigenvalue weighted by atomic mass is 9.80. The Hall–Kier alpha value is -10.3. The van der Waals surface area contributed by atoms with Crippen LogP contribution in [0.15, 0.2) is 218 Å². The molecule has 10 atom stereocenters. The summed E-state index contributed by atoms with van der Waals surface area (Å²) in [7, 11) is -1.83. The summed E-state index contributed by atoms with van der Waals surface area (Å²) in [6.07, 6.45) is -17.0. The summed E-state index contributed by atoms with van der Waals surface area (Å²) >= 11 is 0. The number of para-hydroxylation sites is 4. The first kappa shape index (κ1) is 84.2. The van der Waals surface area contributed by atoms with E-state index in [2.05, 4.69) is 67.7 Å². The molecule has 0 spiro atoms. The minimum absolute atomic E-state index is 0.145. The fourth-order valence-electron chi connectivity index (χ4n) is 12.1. The fraction of sp³-hybridized carbons (Fsp3) is 0.391. The van der Waals surface area contributed by atoms with E-state index in [4.69, 9.17) is 84.6 Å². The number of ether oxygens (including phenoxy) is 16. The Bertz CT molecular complexity index is 4270. The van der Waals surface area contributed by atoms with Crippen LogP contribution < -0.4 is 37.3 Å². The van der Waals surface area contributed by atoms with E-state index >= 15 is 0 Å². The average Bonchev–Trinajstić information content (AvgIpc) is 0.757. The molecular formula is C87H102O23Si2. The third-order valence-electron chi connectivity index (χ3n) is 20.0. The standard InChI is InChI=1S/C87H102O23Si2/c1-58-77(104-73(89)54-96-66-32-22-16-23-33-66)79(105-74(90)55-97-67-34-24-17-25-35-67)82(107-76(92)57-99-69-38-28-19-29-39-69)84(101-58)108-80-78(102-59(2)88)72(53-100-87(61-30-20-15-21-31-61,62-41-45-64(93-9)46-42-62)63-43-47-65(94-10)48-44-63)103-83(81(80)106-75(91)56-98-68-36-26-18-27-37-68)95-51-50-60-40-49-70(109-111(11,12)85(3,4)5)71(52-60)110-112(13,14)86(6,7)8/h15-49,52,58,72,77-84H,50-51,53-57H2,1-14H3/t58-,72+,77-,78+,79+,80-,81+,82+,83+,84-/m0/s1. The molecule has 2 fully saturated rings. The highest BCUT2D eigenvalue weighted by Crippen LogP contribution is 2.47. The Labute approximate surface area is 657 Å². The maximum Gasteiger partial charge on any atom is 0.344 e. The zero-order chi connectivity index (χ0) is 80.2. The summed E-state index contributed by atoms with van der Waals surface area (Å²) < 4.78 is 117. The third kappa shape index (κ3) is 22.3. The molecule has 23 nitrogen and oxygen atoms in total. The topological polar surface area (TPSA) is 251 Å². The van der Waals surface area contributed by atoms with Crippen molar-refractivity contribution in [1.29, 1.82) is 0 Å². The van der Waals surface area contributed by atoms with Gasteiger partial charge in [0.1, 0.15) is 63.8 Å². The van der Waals surface area contributed by atoms with Crippen molar-refractivity contribution >= 4 is 46.5 Å². The summed E-state index contributed by atoms with van der Waals surface area (Å²) in [6, 6.07) is 63.9. The van der Waals surface area contributed by atoms with Gasteiger partial charge in [0.25, 0.3) is 16.6 Å². The molecule has 25 heteroatoms. The molecule has 2 aliphatic rings. The van der Waals surface area contributed by atoms with Crippen LogP contribution in [0.4, 0.5) is 0 Å². The van der Waals surface area contributed by atoms with E-state index in [-0.39, 0.29) is 23.1 Å². The van der Waals surface area contributed by atoms with Crippen LogP contribution in [0.25, 0.3) is 0 Å². The summed E-state index contributed by atoms with van der Waals surface area (Å²) in [5.41, 5.74) is 1.12. The molecule has 0 radical (unpaired) electrons. The first-order chi connectivity index (χ1) is 53.5. The maximum absolute atomic E-state index is 15.0. The van der Waals surface area contributed by atoms with E-state index in [1.165, 1.54) is 13.8 Å². The number of benzene rings is 8. The van der Waals surface area contributed by atoms with Crippen molar-refractivity contribution in [3.8, 4) is 46.0 Å². The summed E-state index contributed by atoms with van der Waals surface area (Å²) in [5, 5.41) is -0.347. The SMILES string of the molecule is COc1ccc(C(OC[C@H]2O[C@@H](OCCc3ccc(O[Si](C)(C)C(C)(C)C)c(O[Si](C)(C)C(C)(C)C)c3)[C@H](OC(=O)COc3ccccc3)[C@@H](O[C@@H]3O[C@@H](C)[C@H](OC(=O)COc4ccccc4)[C@@H](OC(=O)COc4ccccc4)[C@H]3OC(=O)COc3ccccc3)[C@@H]2OC(C)=O)(c2ccccc2)c2ccc(OC)cc2)cc1. The number of carbonyl (C=O) groups is 5. The monoisotopic (exact) mass is 1570 g/mol. The highest BCUT2D eigenvalue weighted by atomic mass is 28.4. The van der Waals surface area contributed by atoms with Gasteiger partial charge in [-0.2, -0.15) is 0 Å². The molecule has 2 saturated heterocycles. The van der Waals surface area contributed by atoms with Gasteiger partial charge in [0.2, 0.25) is 0 Å². The molecule has 0 aromatic heterocycles. The van der Waals surface area contributed by atoms with Gasteiger partial charge in [-0.1, -0.05) is 175 Å². The Morgan fingerprint density at radius 1 is 0.402 bits per heavy atom. The highest BCUT2D eigenvalue weighted by Gasteiger charge is 2.58. The molecule has 0 unspecified atom stereocenters. The highest BCUT2D eigenvalue weighted by molar-refractivity contribution is 6.75. The molecule has 0 amide bonds. The molecule has 0 bridgehead atoms. The summed E-state index contributed by atoms with van der Waals surface area (Å²) in [4.78, 5) is 72.8. The van der Waals surface area contributed by atoms with E-state index in [0.29, 0.717) is 62.7 Å². The second-order valence-electron chi connectivity index (χ2n) is 30.1. The minimum atomic E-state index is -2.52. The van der Waals surface area contributed by atoms with Crippen LogP contribution >= 0.6 is 0 Å². The van der Waals surface area contributed by atoms with E-state index in [1.54, 1.807) is 160 Å². The molecule has 112 heavy (non-hydrogen) atoms. The van der Waals surface area contributed by atoms with Crippen molar-refractivity contribution in [1.82, 2.24) is 0 Å². The molecule has 0 saturated carbocycles. The van der Waals surface area contributed by atoms with E-state index < -0.39 is 147 Å². The normalized spacial score (nSPS) is 20.0. The van der Waals surface area contributed by atoms with E-state index in [0.717, 1.165) is 5.56 Å². The van der Waals surface area contributed by atoms with Crippen molar-refractivity contribution < 1.29 is 109 Å². The van der Waals surface area contributed by atoms with Crippen LogP contribution in [0.3, 0.4) is 0 Å². The van der Waals surface area contributed by atoms with E-state index in [9.17, 15) is 24.0 Å². The number of rotatable bonds is 35. The van der Waals surface area contributed by atoms with Gasteiger partial charge in [-0.05, 0) is 157 Å². The van der Waals surface area contributed by atoms with Crippen LogP contribution in [0.2, 0.25) is 36.3 Å². The number of esters is 5. The van der Waals surface area contributed by atoms with Crippen LogP contribution in [-0.2, 0) is 83.4 Å². The average molecular weight is 1570 g/mol. The van der Waals surface area contributed by atoms with Gasteiger partial charge in [0.05, 0.1) is 33.5 Å². The van der Waals surface area contributed by atoms with Crippen LogP contribution in [-0.4, -0.2) is 162 Å². The zero-order valence-corrected chi connectivity index (χ0v) is 67.9. The lowest BCUT2D eigenvalue weighted by molar-refractivity contribution is -0.361. The molecule has 10 rings (SSSR count). The molecule has 2 aliphatic heterocycles. The third-order valence-corrected chi connectivity index (χ3v) is 28.7. The van der Waals surface area contributed by atoms with Crippen LogP contribution in [0.5, 0.6) is 46.0 Å². The summed E-state index contributed by atoms with van der Waals surface area (Å²) in [5.74, 6) is -1.28. The van der Waals surface area contributed by atoms with Crippen molar-refractivity contribution in [2.24, 2.45) is 0 Å². The first-order valence-electron chi connectivity index (χ1n) is 37.3. The van der Waals surface area contributed by atoms with Crippen molar-refractivity contribution in [2.45, 2.75) is 165 Å². The number of methoxy groups -OCH3 is 2. The predicted molar refractivity (Wildman–Crippen MR) is 421 cm³/mol. The van der Waals surface area contributed by atoms with Gasteiger partial charge in [0.15, 0.2) is 69.5 Å². The molecule has 596 valence electrons. The van der Waals surface area contributed by atoms with Gasteiger partial charge >= 0.3 is 29.8 Å². The molecule has 0 N–H and O–H groups in total. The minimum Gasteiger partial charge on any atom is -0.541 e. The van der Waals surface area contributed by atoms with Crippen LogP contribution in [0, 0.1) is 0 Å². The van der Waals surface area contributed by atoms with Gasteiger partial charge in [-0.3, -0.25) is 4.79 Å². The summed E-state index contributed by atoms with van der Waals surface area (Å²) in [6.45, 7) is 21.0. The largest absolute Gasteiger partial charge is 0.541 e. The van der Waals surface area contributed by atoms with E-state index in [1.807, 2.05) is 72.8 Å². The maximum atomic E-state index is 15.0. The lowest BCUT2D eigenvalue weighted by Gasteiger charge is -2.49. The van der Waals surface area contributed by atoms with Gasteiger partial charge in [-0.15, -0.1) is 0 Å². The smallest absolute Gasteiger partial charge is 0.344 e. The molecule has 8 aromatic carbocycles. The number of hydrogen-bond donors (Lipinski definition) is 0. The van der Waals surface area contributed by atoms with Gasteiger partial charge in [0, 0.05) is 6.92 Å². The quantitative estimate of drug-likeness (QED) is 0.0155. The molecule has 2 heterocycles. The predicted octanol–water partition coefficient (Wildman–Crippen LogP) is 14.8. The fourth-order valence-corrected chi connectivity index (χ4v) is 14.1. The number of carbonyl (C=O) groups excluding carboxylic acids is 5. The van der Waals surface area contributed by atoms with Crippen molar-refractivity contribution in [2.75, 3.05) is 53.9 Å². The molecule has 8 aromatic rings. The van der Waals surface area contributed by atoms with Gasteiger partial charge in [-0.25, -0.2) is 19.2 Å². The molecule has 0 aliphatic carbocycles. The lowest BCUT2D eigenvalue weighted by Crippen LogP contribution is -2.67. The second-order valence-corrected chi connectivity index (χ2v) is 39.5. The Kier molecular flexibility index (Phi) is 28.8. The first-order valence-corrected chi connectivity index (χ1v) is 43.1. The van der Waals surface area contributed by atoms with Crippen molar-refractivity contribution in [3.63, 3.8) is 0 Å². The Morgan fingerprint density at radius 3 is 1.20 bits per heavy atom. The van der Waals surface area contributed by atoms with Crippen LogP contribution in [0.1, 0.15) is 77.6 Å². The Balaban J connectivity index is 1.12.